The normalized spacial score (nSPS) is 10.9. The van der Waals surface area contributed by atoms with Crippen molar-refractivity contribution in [3.63, 3.8) is 0 Å². The Kier molecular flexibility index (Phi) is 4.56. The van der Waals surface area contributed by atoms with Crippen LogP contribution in [-0.4, -0.2) is 21.3 Å². The van der Waals surface area contributed by atoms with Crippen LogP contribution in [-0.2, 0) is 6.54 Å². The van der Waals surface area contributed by atoms with Gasteiger partial charge in [0.2, 0.25) is 0 Å². The number of hydrogen-bond acceptors (Lipinski definition) is 3. The summed E-state index contributed by atoms with van der Waals surface area (Å²) in [5.41, 5.74) is 2.06. The standard InChI is InChI=1S/C14H19ClN4/c1-4-8-16-9-12-13(15)6-5-7-14(12)19-11(3)17-10(2)18-19/h5-7,16H,4,8-9H2,1-3H3. The van der Waals surface area contributed by atoms with Crippen molar-refractivity contribution < 1.29 is 0 Å². The topological polar surface area (TPSA) is 42.7 Å². The van der Waals surface area contributed by atoms with Gasteiger partial charge in [0.25, 0.3) is 0 Å². The van der Waals surface area contributed by atoms with Crippen LogP contribution in [0, 0.1) is 13.8 Å². The fourth-order valence-electron chi connectivity index (χ4n) is 2.06. The highest BCUT2D eigenvalue weighted by molar-refractivity contribution is 6.31. The van der Waals surface area contributed by atoms with Gasteiger partial charge < -0.3 is 5.32 Å². The van der Waals surface area contributed by atoms with Crippen LogP contribution in [0.2, 0.25) is 5.02 Å². The van der Waals surface area contributed by atoms with Gasteiger partial charge in [0.1, 0.15) is 11.6 Å². The third kappa shape index (κ3) is 3.14. The minimum atomic E-state index is 0.737. The van der Waals surface area contributed by atoms with Gasteiger partial charge >= 0.3 is 0 Å². The highest BCUT2D eigenvalue weighted by Gasteiger charge is 2.12. The first-order valence-corrected chi connectivity index (χ1v) is 6.90. The van der Waals surface area contributed by atoms with Crippen molar-refractivity contribution in [2.45, 2.75) is 33.7 Å². The lowest BCUT2D eigenvalue weighted by Gasteiger charge is -2.13. The fraction of sp³-hybridized carbons (Fsp3) is 0.429. The second-order valence-electron chi connectivity index (χ2n) is 4.53. The minimum Gasteiger partial charge on any atom is -0.313 e. The van der Waals surface area contributed by atoms with E-state index in [0.29, 0.717) is 0 Å². The molecule has 0 aliphatic carbocycles. The third-order valence-electron chi connectivity index (χ3n) is 2.93. The number of nitrogens with zero attached hydrogens (tertiary/aromatic N) is 3. The summed E-state index contributed by atoms with van der Waals surface area (Å²) >= 11 is 6.32. The number of hydrogen-bond donors (Lipinski definition) is 1. The molecule has 0 aliphatic heterocycles. The monoisotopic (exact) mass is 278 g/mol. The molecule has 5 heteroatoms. The number of nitrogens with one attached hydrogen (secondary N) is 1. The molecule has 2 aromatic rings. The number of aromatic nitrogens is 3. The minimum absolute atomic E-state index is 0.737. The van der Waals surface area contributed by atoms with Crippen molar-refractivity contribution in [3.05, 3.63) is 40.4 Å². The summed E-state index contributed by atoms with van der Waals surface area (Å²) in [5, 5.41) is 8.57. The van der Waals surface area contributed by atoms with Crippen molar-refractivity contribution in [2.24, 2.45) is 0 Å². The molecule has 1 heterocycles. The molecule has 0 atom stereocenters. The first-order chi connectivity index (χ1) is 9.13. The highest BCUT2D eigenvalue weighted by Crippen LogP contribution is 2.23. The first-order valence-electron chi connectivity index (χ1n) is 6.52. The lowest BCUT2D eigenvalue weighted by atomic mass is 10.1. The van der Waals surface area contributed by atoms with E-state index in [9.17, 15) is 0 Å². The van der Waals surface area contributed by atoms with Gasteiger partial charge in [-0.25, -0.2) is 9.67 Å². The van der Waals surface area contributed by atoms with Crippen LogP contribution >= 0.6 is 11.6 Å². The molecule has 0 saturated heterocycles. The molecule has 0 radical (unpaired) electrons. The number of rotatable bonds is 5. The Morgan fingerprint density at radius 1 is 1.32 bits per heavy atom. The maximum Gasteiger partial charge on any atom is 0.148 e. The van der Waals surface area contributed by atoms with E-state index in [1.807, 2.05) is 36.7 Å². The van der Waals surface area contributed by atoms with E-state index in [0.717, 1.165) is 47.4 Å². The molecule has 4 nitrogen and oxygen atoms in total. The molecule has 0 unspecified atom stereocenters. The van der Waals surface area contributed by atoms with Gasteiger partial charge in [0.05, 0.1) is 5.69 Å². The van der Waals surface area contributed by atoms with E-state index < -0.39 is 0 Å². The van der Waals surface area contributed by atoms with Gasteiger partial charge in [-0.1, -0.05) is 24.6 Å². The summed E-state index contributed by atoms with van der Waals surface area (Å²) in [6, 6.07) is 5.88. The average molecular weight is 279 g/mol. The zero-order chi connectivity index (χ0) is 13.8. The largest absolute Gasteiger partial charge is 0.313 e. The van der Waals surface area contributed by atoms with Gasteiger partial charge in [-0.15, -0.1) is 0 Å². The molecule has 1 aromatic carbocycles. The molecule has 1 aromatic heterocycles. The van der Waals surface area contributed by atoms with Gasteiger partial charge in [-0.2, -0.15) is 5.10 Å². The Hall–Kier alpha value is -1.39. The Balaban J connectivity index is 2.39. The van der Waals surface area contributed by atoms with Crippen LogP contribution in [0.4, 0.5) is 0 Å². The van der Waals surface area contributed by atoms with Gasteiger partial charge in [-0.3, -0.25) is 0 Å². The van der Waals surface area contributed by atoms with E-state index in [4.69, 9.17) is 11.6 Å². The van der Waals surface area contributed by atoms with E-state index >= 15 is 0 Å². The van der Waals surface area contributed by atoms with Crippen molar-refractivity contribution in [2.75, 3.05) is 6.54 Å². The second kappa shape index (κ2) is 6.17. The molecule has 102 valence electrons. The van der Waals surface area contributed by atoms with Crippen LogP contribution in [0.5, 0.6) is 0 Å². The molecule has 0 aliphatic rings. The van der Waals surface area contributed by atoms with Gasteiger partial charge in [-0.05, 0) is 38.9 Å². The smallest absolute Gasteiger partial charge is 0.148 e. The SMILES string of the molecule is CCCNCc1c(Cl)cccc1-n1nc(C)nc1C. The molecule has 0 spiro atoms. The van der Waals surface area contributed by atoms with E-state index in [1.54, 1.807) is 0 Å². The van der Waals surface area contributed by atoms with Crippen LogP contribution in [0.15, 0.2) is 18.2 Å². The molecule has 0 fully saturated rings. The molecule has 19 heavy (non-hydrogen) atoms. The fourth-order valence-corrected chi connectivity index (χ4v) is 2.30. The highest BCUT2D eigenvalue weighted by atomic mass is 35.5. The summed E-state index contributed by atoms with van der Waals surface area (Å²) in [4.78, 5) is 4.34. The van der Waals surface area contributed by atoms with Crippen LogP contribution in [0.25, 0.3) is 5.69 Å². The molecule has 2 rings (SSSR count). The second-order valence-corrected chi connectivity index (χ2v) is 4.94. The van der Waals surface area contributed by atoms with Crippen LogP contribution < -0.4 is 5.32 Å². The van der Waals surface area contributed by atoms with Crippen molar-refractivity contribution in [1.29, 1.82) is 0 Å². The summed E-state index contributed by atoms with van der Waals surface area (Å²) in [5.74, 6) is 1.64. The average Bonchev–Trinajstić information content (AvgIpc) is 2.70. The maximum atomic E-state index is 6.32. The Morgan fingerprint density at radius 2 is 2.11 bits per heavy atom. The zero-order valence-corrected chi connectivity index (χ0v) is 12.3. The molecule has 0 saturated carbocycles. The van der Waals surface area contributed by atoms with Crippen LogP contribution in [0.3, 0.4) is 0 Å². The summed E-state index contributed by atoms with van der Waals surface area (Å²) in [6.45, 7) is 7.69. The summed E-state index contributed by atoms with van der Waals surface area (Å²) in [7, 11) is 0. The van der Waals surface area contributed by atoms with E-state index in [2.05, 4.69) is 22.3 Å². The molecule has 1 N–H and O–H groups in total. The van der Waals surface area contributed by atoms with Gasteiger partial charge in [0.15, 0.2) is 0 Å². The maximum absolute atomic E-state index is 6.32. The number of aryl methyl sites for hydroxylation is 2. The molecular weight excluding hydrogens is 260 g/mol. The number of benzene rings is 1. The van der Waals surface area contributed by atoms with Crippen LogP contribution in [0.1, 0.15) is 30.6 Å². The first kappa shape index (κ1) is 14.0. The quantitative estimate of drug-likeness (QED) is 0.855. The van der Waals surface area contributed by atoms with Crippen molar-refractivity contribution in [3.8, 4) is 5.69 Å². The molecular formula is C14H19ClN4. The molecule has 0 bridgehead atoms. The predicted octanol–water partition coefficient (Wildman–Crippen LogP) is 3.04. The number of halogens is 1. The Labute approximate surface area is 118 Å². The lowest BCUT2D eigenvalue weighted by Crippen LogP contribution is -2.16. The Morgan fingerprint density at radius 3 is 2.74 bits per heavy atom. The summed E-state index contributed by atoms with van der Waals surface area (Å²) < 4.78 is 1.85. The zero-order valence-electron chi connectivity index (χ0n) is 11.6. The third-order valence-corrected chi connectivity index (χ3v) is 3.28. The van der Waals surface area contributed by atoms with Gasteiger partial charge in [0, 0.05) is 17.1 Å². The summed E-state index contributed by atoms with van der Waals surface area (Å²) in [6.07, 6.45) is 1.10. The van der Waals surface area contributed by atoms with Crippen molar-refractivity contribution >= 4 is 11.6 Å². The van der Waals surface area contributed by atoms with E-state index in [1.165, 1.54) is 0 Å². The lowest BCUT2D eigenvalue weighted by molar-refractivity contribution is 0.669. The molecule has 0 amide bonds. The Bertz CT molecular complexity index is 563. The predicted molar refractivity (Wildman–Crippen MR) is 77.8 cm³/mol. The van der Waals surface area contributed by atoms with E-state index in [-0.39, 0.29) is 0 Å². The van der Waals surface area contributed by atoms with Crippen molar-refractivity contribution in [1.82, 2.24) is 20.1 Å².